The number of hydrogen-bond donors (Lipinski definition) is 1. The van der Waals surface area contributed by atoms with Gasteiger partial charge in [-0.05, 0) is 18.8 Å². The maximum absolute atomic E-state index is 11.2. The van der Waals surface area contributed by atoms with Crippen LogP contribution in [0.4, 0.5) is 0 Å². The van der Waals surface area contributed by atoms with Crippen molar-refractivity contribution in [2.24, 2.45) is 5.92 Å². The summed E-state index contributed by atoms with van der Waals surface area (Å²) in [5, 5.41) is 3.52. The first-order valence-corrected chi connectivity index (χ1v) is 7.29. The Morgan fingerprint density at radius 2 is 2.21 bits per heavy atom. The average molecular weight is 217 g/mol. The van der Waals surface area contributed by atoms with Gasteiger partial charge in [-0.2, -0.15) is 0 Å². The number of rotatable bonds is 5. The van der Waals surface area contributed by atoms with Crippen LogP contribution in [-0.4, -0.2) is 28.3 Å². The van der Waals surface area contributed by atoms with Crippen molar-refractivity contribution in [3.8, 4) is 0 Å². The fourth-order valence-electron chi connectivity index (χ4n) is 2.14. The summed E-state index contributed by atoms with van der Waals surface area (Å²) in [4.78, 5) is 0. The van der Waals surface area contributed by atoms with Crippen LogP contribution < -0.4 is 5.32 Å². The summed E-state index contributed by atoms with van der Waals surface area (Å²) >= 11 is 0. The quantitative estimate of drug-likeness (QED) is 0.762. The third kappa shape index (κ3) is 4.56. The highest BCUT2D eigenvalue weighted by molar-refractivity contribution is 7.84. The van der Waals surface area contributed by atoms with Gasteiger partial charge >= 0.3 is 0 Å². The van der Waals surface area contributed by atoms with Crippen molar-refractivity contribution >= 4 is 10.8 Å². The van der Waals surface area contributed by atoms with Crippen molar-refractivity contribution in [1.82, 2.24) is 5.32 Å². The lowest BCUT2D eigenvalue weighted by molar-refractivity contribution is 0.306. The van der Waals surface area contributed by atoms with Gasteiger partial charge in [-0.25, -0.2) is 0 Å². The second kappa shape index (κ2) is 6.57. The van der Waals surface area contributed by atoms with Crippen molar-refractivity contribution in [3.63, 3.8) is 0 Å². The van der Waals surface area contributed by atoms with Crippen LogP contribution in [-0.2, 0) is 10.8 Å². The first-order chi connectivity index (χ1) is 6.72. The SMILES string of the molecule is CCS(=O)CCNC1CCCC(C)C1. The molecule has 0 aromatic heterocycles. The predicted octanol–water partition coefficient (Wildman–Crippen LogP) is 1.92. The summed E-state index contributed by atoms with van der Waals surface area (Å²) in [6.45, 7) is 5.24. The molecule has 0 bridgehead atoms. The molecule has 0 radical (unpaired) electrons. The summed E-state index contributed by atoms with van der Waals surface area (Å²) in [6, 6.07) is 0.688. The van der Waals surface area contributed by atoms with Gasteiger partial charge in [-0.15, -0.1) is 0 Å². The highest BCUT2D eigenvalue weighted by atomic mass is 32.2. The third-order valence-corrected chi connectivity index (χ3v) is 4.32. The van der Waals surface area contributed by atoms with Crippen LogP contribution in [0.3, 0.4) is 0 Å². The predicted molar refractivity (Wildman–Crippen MR) is 63.0 cm³/mol. The molecule has 0 aliphatic heterocycles. The maximum Gasteiger partial charge on any atom is 0.0360 e. The molecule has 84 valence electrons. The molecule has 3 unspecified atom stereocenters. The minimum absolute atomic E-state index is 0.603. The molecule has 0 aromatic carbocycles. The molecule has 1 rings (SSSR count). The molecule has 14 heavy (non-hydrogen) atoms. The van der Waals surface area contributed by atoms with Crippen molar-refractivity contribution in [3.05, 3.63) is 0 Å². The second-order valence-corrected chi connectivity index (χ2v) is 6.22. The standard InChI is InChI=1S/C11H23NOS/c1-3-14(13)8-7-12-11-6-4-5-10(2)9-11/h10-12H,3-9H2,1-2H3. The van der Waals surface area contributed by atoms with E-state index in [0.717, 1.165) is 24.0 Å². The molecule has 1 aliphatic carbocycles. The van der Waals surface area contributed by atoms with Gasteiger partial charge in [-0.1, -0.05) is 26.7 Å². The van der Waals surface area contributed by atoms with Crippen LogP contribution >= 0.6 is 0 Å². The molecule has 1 saturated carbocycles. The van der Waals surface area contributed by atoms with Gasteiger partial charge in [0.1, 0.15) is 0 Å². The summed E-state index contributed by atoms with van der Waals surface area (Å²) < 4.78 is 11.2. The molecular weight excluding hydrogens is 194 g/mol. The summed E-state index contributed by atoms with van der Waals surface area (Å²) in [6.07, 6.45) is 5.36. The number of hydrogen-bond acceptors (Lipinski definition) is 2. The average Bonchev–Trinajstić information content (AvgIpc) is 2.17. The van der Waals surface area contributed by atoms with Crippen LogP contribution in [0, 0.1) is 5.92 Å². The Bertz CT molecular complexity index is 184. The zero-order chi connectivity index (χ0) is 10.4. The number of nitrogens with one attached hydrogen (secondary N) is 1. The molecule has 3 atom stereocenters. The monoisotopic (exact) mass is 217 g/mol. The molecule has 1 fully saturated rings. The van der Waals surface area contributed by atoms with Gasteiger partial charge in [0.25, 0.3) is 0 Å². The zero-order valence-corrected chi connectivity index (χ0v) is 10.2. The molecule has 0 heterocycles. The Balaban J connectivity index is 2.08. The fourth-order valence-corrected chi connectivity index (χ4v) is 2.77. The van der Waals surface area contributed by atoms with E-state index in [2.05, 4.69) is 12.2 Å². The topological polar surface area (TPSA) is 29.1 Å². The fraction of sp³-hybridized carbons (Fsp3) is 1.00. The van der Waals surface area contributed by atoms with Gasteiger partial charge < -0.3 is 5.32 Å². The van der Waals surface area contributed by atoms with Crippen molar-refractivity contribution < 1.29 is 4.21 Å². The lowest BCUT2D eigenvalue weighted by Gasteiger charge is -2.27. The van der Waals surface area contributed by atoms with E-state index in [-0.39, 0.29) is 0 Å². The highest BCUT2D eigenvalue weighted by Crippen LogP contribution is 2.23. The summed E-state index contributed by atoms with van der Waals surface area (Å²) in [5.41, 5.74) is 0. The molecule has 1 N–H and O–H groups in total. The van der Waals surface area contributed by atoms with E-state index >= 15 is 0 Å². The summed E-state index contributed by atoms with van der Waals surface area (Å²) in [7, 11) is -0.603. The van der Waals surface area contributed by atoms with Gasteiger partial charge in [0.2, 0.25) is 0 Å². The molecule has 1 aliphatic rings. The van der Waals surface area contributed by atoms with Crippen molar-refractivity contribution in [2.45, 2.75) is 45.6 Å². The normalized spacial score (nSPS) is 30.1. The molecule has 2 nitrogen and oxygen atoms in total. The lowest BCUT2D eigenvalue weighted by atomic mass is 9.87. The van der Waals surface area contributed by atoms with E-state index in [1.54, 1.807) is 0 Å². The minimum Gasteiger partial charge on any atom is -0.313 e. The Morgan fingerprint density at radius 1 is 1.43 bits per heavy atom. The van der Waals surface area contributed by atoms with Crippen molar-refractivity contribution in [2.75, 3.05) is 18.1 Å². The Hall–Kier alpha value is 0.110. The maximum atomic E-state index is 11.2. The van der Waals surface area contributed by atoms with Crippen LogP contribution in [0.25, 0.3) is 0 Å². The van der Waals surface area contributed by atoms with Crippen LogP contribution in [0.2, 0.25) is 0 Å². The van der Waals surface area contributed by atoms with E-state index < -0.39 is 10.8 Å². The van der Waals surface area contributed by atoms with E-state index in [9.17, 15) is 4.21 Å². The van der Waals surface area contributed by atoms with Crippen LogP contribution in [0.5, 0.6) is 0 Å². The lowest BCUT2D eigenvalue weighted by Crippen LogP contribution is -2.35. The second-order valence-electron chi connectivity index (χ2n) is 4.36. The van der Waals surface area contributed by atoms with E-state index in [0.29, 0.717) is 6.04 Å². The van der Waals surface area contributed by atoms with Gasteiger partial charge in [0, 0.05) is 34.9 Å². The smallest absolute Gasteiger partial charge is 0.0360 e. The molecule has 0 spiro atoms. The van der Waals surface area contributed by atoms with Crippen molar-refractivity contribution in [1.29, 1.82) is 0 Å². The largest absolute Gasteiger partial charge is 0.313 e. The van der Waals surface area contributed by atoms with Gasteiger partial charge in [0.05, 0.1) is 0 Å². The first-order valence-electron chi connectivity index (χ1n) is 5.80. The Kier molecular flexibility index (Phi) is 5.71. The molecule has 0 aromatic rings. The van der Waals surface area contributed by atoms with E-state index in [1.165, 1.54) is 25.7 Å². The first kappa shape index (κ1) is 12.2. The third-order valence-electron chi connectivity index (χ3n) is 3.02. The zero-order valence-electron chi connectivity index (χ0n) is 9.42. The Morgan fingerprint density at radius 3 is 2.86 bits per heavy atom. The molecular formula is C11H23NOS. The van der Waals surface area contributed by atoms with Gasteiger partial charge in [0.15, 0.2) is 0 Å². The van der Waals surface area contributed by atoms with Crippen LogP contribution in [0.15, 0.2) is 0 Å². The Labute approximate surface area is 90.3 Å². The van der Waals surface area contributed by atoms with E-state index in [4.69, 9.17) is 0 Å². The van der Waals surface area contributed by atoms with Gasteiger partial charge in [-0.3, -0.25) is 4.21 Å². The molecule has 0 amide bonds. The minimum atomic E-state index is -0.603. The molecule has 0 saturated heterocycles. The summed E-state index contributed by atoms with van der Waals surface area (Å²) in [5.74, 6) is 2.49. The van der Waals surface area contributed by atoms with Crippen LogP contribution in [0.1, 0.15) is 39.5 Å². The highest BCUT2D eigenvalue weighted by Gasteiger charge is 2.17. The van der Waals surface area contributed by atoms with E-state index in [1.807, 2.05) is 6.92 Å². The molecule has 3 heteroatoms.